The van der Waals surface area contributed by atoms with Gasteiger partial charge in [0.05, 0.1) is 18.3 Å². The average molecular weight is 1640 g/mol. The van der Waals surface area contributed by atoms with Crippen molar-refractivity contribution in [2.45, 2.75) is 386 Å². The van der Waals surface area contributed by atoms with Crippen LogP contribution >= 0.6 is 23.2 Å². The molecule has 20 aliphatic carbocycles. The van der Waals surface area contributed by atoms with Crippen LogP contribution in [-0.2, 0) is 9.59 Å². The molecule has 0 saturated heterocycles. The molecule has 0 aromatic carbocycles. The lowest BCUT2D eigenvalue weighted by atomic mass is 9.46. The van der Waals surface area contributed by atoms with Crippen LogP contribution in [0.1, 0.15) is 368 Å². The van der Waals surface area contributed by atoms with E-state index in [2.05, 4.69) is 142 Å². The predicted molar refractivity (Wildman–Crippen MR) is 488 cm³/mol. The Labute approximate surface area is 723 Å². The number of carbonyl (C=O) groups excluding carboxylic acids is 2. The molecule has 117 heavy (non-hydrogen) atoms. The first kappa shape index (κ1) is 87.7. The highest BCUT2D eigenvalue weighted by molar-refractivity contribution is 6.19. The van der Waals surface area contributed by atoms with Gasteiger partial charge in [-0.25, -0.2) is 0 Å². The summed E-state index contributed by atoms with van der Waals surface area (Å²) < 4.78 is 0. The van der Waals surface area contributed by atoms with Crippen molar-refractivity contribution < 1.29 is 24.9 Å². The highest BCUT2D eigenvalue weighted by atomic mass is 35.5. The summed E-state index contributed by atoms with van der Waals surface area (Å²) >= 11 is 12.4. The van der Waals surface area contributed by atoms with Gasteiger partial charge in [-0.15, -0.1) is 23.2 Å². The normalized spacial score (nSPS) is 49.3. The topological polar surface area (TPSA) is 94.8 Å². The van der Waals surface area contributed by atoms with Gasteiger partial charge in [0.1, 0.15) is 0 Å². The molecule has 0 radical (unpaired) electrons. The Morgan fingerprint density at radius 3 is 0.880 bits per heavy atom. The lowest BCUT2D eigenvalue weighted by Gasteiger charge is -2.58. The number of aliphatic hydroxyl groups excluding tert-OH is 3. The van der Waals surface area contributed by atoms with Crippen LogP contribution in [0.15, 0.2) is 116 Å². The van der Waals surface area contributed by atoms with Crippen molar-refractivity contribution in [2.75, 3.05) is 11.8 Å². The molecule has 20 aliphatic rings. The van der Waals surface area contributed by atoms with Gasteiger partial charge in [0.25, 0.3) is 0 Å². The molecule has 0 heterocycles. The minimum absolute atomic E-state index is 0.174. The summed E-state index contributed by atoms with van der Waals surface area (Å²) in [6, 6.07) is 0. The number of carbonyl (C=O) groups is 2. The Hall–Kier alpha value is -2.80. The molecule has 0 bridgehead atoms. The van der Waals surface area contributed by atoms with E-state index >= 15 is 0 Å². The van der Waals surface area contributed by atoms with Gasteiger partial charge in [0.15, 0.2) is 11.6 Å². The van der Waals surface area contributed by atoms with Gasteiger partial charge in [-0.3, -0.25) is 9.59 Å². The summed E-state index contributed by atoms with van der Waals surface area (Å²) in [6.45, 7) is 47.7. The molecule has 0 aromatic rings. The molecule has 0 aliphatic heterocycles. The molecule has 20 rings (SSSR count). The zero-order chi connectivity index (χ0) is 83.4. The van der Waals surface area contributed by atoms with Crippen molar-refractivity contribution in [2.24, 2.45) is 155 Å². The van der Waals surface area contributed by atoms with E-state index in [4.69, 9.17) is 23.2 Å². The second-order valence-electron chi connectivity index (χ2n) is 47.6. The summed E-state index contributed by atoms with van der Waals surface area (Å²) in [7, 11) is 0. The summed E-state index contributed by atoms with van der Waals surface area (Å²) in [5.41, 5.74) is 24.3. The van der Waals surface area contributed by atoms with Crippen molar-refractivity contribution >= 4 is 34.8 Å². The maximum absolute atomic E-state index is 11.9. The molecule has 15 saturated carbocycles. The molecule has 7 heteroatoms. The predicted octanol–water partition coefficient (Wildman–Crippen LogP) is 28.8. The van der Waals surface area contributed by atoms with Crippen molar-refractivity contribution in [3.05, 3.63) is 116 Å². The monoisotopic (exact) mass is 1640 g/mol. The minimum atomic E-state index is -0.189. The quantitative estimate of drug-likeness (QED) is 0.193. The highest BCUT2D eigenvalue weighted by Gasteiger charge is 2.65. The molecule has 5 nitrogen and oxygen atoms in total. The number of halogens is 2. The third kappa shape index (κ3) is 14.5. The van der Waals surface area contributed by atoms with Crippen molar-refractivity contribution in [3.8, 4) is 0 Å². The van der Waals surface area contributed by atoms with E-state index in [9.17, 15) is 24.9 Å². The number of ketones is 2. The third-order valence-corrected chi connectivity index (χ3v) is 43.6. The Bertz CT molecular complexity index is 4120. The van der Waals surface area contributed by atoms with Gasteiger partial charge in [-0.1, -0.05) is 173 Å². The molecular formula is C110H164Cl2O5. The molecule has 0 spiro atoms. The fraction of sp³-hybridized carbons (Fsp3) is 0.800. The first-order valence-corrected chi connectivity index (χ1v) is 50.6. The Kier molecular flexibility index (Phi) is 24.4. The van der Waals surface area contributed by atoms with Crippen LogP contribution in [0.25, 0.3) is 0 Å². The van der Waals surface area contributed by atoms with Crippen molar-refractivity contribution in [1.82, 2.24) is 0 Å². The van der Waals surface area contributed by atoms with E-state index in [1.54, 1.807) is 39.0 Å². The van der Waals surface area contributed by atoms with Crippen LogP contribution in [0, 0.1) is 155 Å². The number of rotatable bonds is 4. The Balaban J connectivity index is 0.000000110. The van der Waals surface area contributed by atoms with Gasteiger partial charge in [-0.05, 0) is 452 Å². The van der Waals surface area contributed by atoms with E-state index in [-0.39, 0.29) is 18.3 Å². The fourth-order valence-electron chi connectivity index (χ4n) is 36.7. The Morgan fingerprint density at radius 1 is 0.308 bits per heavy atom. The van der Waals surface area contributed by atoms with E-state index in [0.29, 0.717) is 77.5 Å². The number of hydrogen-bond acceptors (Lipinski definition) is 5. The average Bonchev–Trinajstić information content (AvgIpc) is 1.70. The maximum atomic E-state index is 11.9. The number of fused-ring (bicyclic) bond motifs is 25. The number of hydrogen-bond donors (Lipinski definition) is 3. The standard InChI is InChI=1S/C22H33ClO.C22H31ClO.2C22H34O.C22H32O/c2*1-14(13-23)18-6-7-19-17-5-4-15-12-16(24)8-10-21(15,2)20(17)9-11-22(18,19)3;3*1-14(2)18-7-8-19-17-6-5-15-13-16(23)9-11-21(15,3)20(17)10-12-22(18,19)4/h12,16-17,19-20,24H,4-11,13H2,1-3H3;12,17,19-20H,4-11,13H2,1-3H3;13,16-17,19-20,23H,5-12H2,1-4H3;13,16-20,23H,1,5-12H2,2-4H3;13,17-20H,1,5-12H2,2-4H3/b2*18-14+;;;/t16-,17?,19?,20?,21-,22+;17?,19?,20?,21-,22+;16-,17?,19?,20?,21-,22+;16-,17?,18+,19?,20?,21-,22+;17?,18-,19?,20?,21+,22-/m00001/s1. The SMILES string of the molecule is C/C(CCl)=C1/CCC2C3CCC4=CC(=O)CC[C@]4(C)C3CC[C@]12C.C/C(CCl)=C1/CCC2C3CCC4=C[C@@H](O)CC[C@]4(C)C3CC[C@]12C.C=C(C)[C@H]1CCC2C3CCC4=CC(=O)CC[C@]4(C)C3CC[C@@]21C.C=C(C)[C@H]1CCC2C3CCC4=C[C@@H](O)CC[C@]4(C)C3CC[C@@]21C.CC(C)=C1CCC2C3CCC4=C[C@@H](O)CC[C@]4(C)C3CC[C@]12C. The second-order valence-corrected chi connectivity index (χ2v) is 48.2. The summed E-state index contributed by atoms with van der Waals surface area (Å²) in [6.07, 6.45) is 60.4. The number of aliphatic hydroxyl groups is 3. The summed E-state index contributed by atoms with van der Waals surface area (Å²) in [5, 5.41) is 30.2. The van der Waals surface area contributed by atoms with Crippen molar-refractivity contribution in [3.63, 3.8) is 0 Å². The van der Waals surface area contributed by atoms with Crippen LogP contribution in [-0.4, -0.2) is 57.0 Å². The zero-order valence-corrected chi connectivity index (χ0v) is 78.5. The van der Waals surface area contributed by atoms with Crippen LogP contribution in [0.5, 0.6) is 0 Å². The lowest BCUT2D eigenvalue weighted by Crippen LogP contribution is -2.50. The van der Waals surface area contributed by atoms with Gasteiger partial charge >= 0.3 is 0 Å². The number of alkyl halides is 2. The van der Waals surface area contributed by atoms with Gasteiger partial charge in [0.2, 0.25) is 0 Å². The van der Waals surface area contributed by atoms with Crippen LogP contribution in [0.3, 0.4) is 0 Å². The fourth-order valence-corrected chi connectivity index (χ4v) is 37.0. The first-order chi connectivity index (χ1) is 55.4. The molecule has 0 aromatic heterocycles. The molecule has 15 fully saturated rings. The van der Waals surface area contributed by atoms with Gasteiger partial charge < -0.3 is 15.3 Å². The zero-order valence-electron chi connectivity index (χ0n) is 77.0. The first-order valence-electron chi connectivity index (χ1n) is 49.5. The molecule has 3 N–H and O–H groups in total. The Morgan fingerprint density at radius 2 is 0.573 bits per heavy atom. The van der Waals surface area contributed by atoms with Crippen molar-refractivity contribution in [1.29, 1.82) is 0 Å². The van der Waals surface area contributed by atoms with Gasteiger partial charge in [0, 0.05) is 24.6 Å². The van der Waals surface area contributed by atoms with E-state index in [1.165, 1.54) is 239 Å². The van der Waals surface area contributed by atoms with Crippen LogP contribution < -0.4 is 0 Å². The van der Waals surface area contributed by atoms with E-state index < -0.39 is 0 Å². The van der Waals surface area contributed by atoms with Gasteiger partial charge in [-0.2, -0.15) is 0 Å². The maximum Gasteiger partial charge on any atom is 0.155 e. The summed E-state index contributed by atoms with van der Waals surface area (Å²) in [4.78, 5) is 23.8. The molecule has 30 atom stereocenters. The highest BCUT2D eigenvalue weighted by Crippen LogP contribution is 2.74. The summed E-state index contributed by atoms with van der Waals surface area (Å²) in [5.74, 6) is 16.6. The molecule has 648 valence electrons. The second kappa shape index (κ2) is 32.6. The minimum Gasteiger partial charge on any atom is -0.389 e. The van der Waals surface area contributed by atoms with Crippen LogP contribution in [0.4, 0.5) is 0 Å². The smallest absolute Gasteiger partial charge is 0.155 e. The lowest BCUT2D eigenvalue weighted by molar-refractivity contribution is -0.118. The molecule has 15 unspecified atom stereocenters. The number of allylic oxidation sites excluding steroid dienone is 13. The van der Waals surface area contributed by atoms with Crippen LogP contribution in [0.2, 0.25) is 0 Å². The van der Waals surface area contributed by atoms with E-state index in [1.807, 2.05) is 12.2 Å². The largest absolute Gasteiger partial charge is 0.389 e. The molecular weight excluding hydrogens is 1470 g/mol. The molecule has 0 amide bonds. The van der Waals surface area contributed by atoms with E-state index in [0.717, 1.165) is 152 Å². The third-order valence-electron chi connectivity index (χ3n) is 42.8.